The molecule has 0 fully saturated rings. The van der Waals surface area contributed by atoms with Crippen LogP contribution >= 0.6 is 11.6 Å². The van der Waals surface area contributed by atoms with Crippen molar-refractivity contribution in [3.63, 3.8) is 0 Å². The van der Waals surface area contributed by atoms with Gasteiger partial charge in [0.05, 0.1) is 4.92 Å². The van der Waals surface area contributed by atoms with Crippen LogP contribution < -0.4 is 0 Å². The summed E-state index contributed by atoms with van der Waals surface area (Å²) < 4.78 is 0. The van der Waals surface area contributed by atoms with E-state index in [1.54, 1.807) is 42.5 Å². The predicted molar refractivity (Wildman–Crippen MR) is 74.9 cm³/mol. The van der Waals surface area contributed by atoms with E-state index in [2.05, 4.69) is 0 Å². The predicted octanol–water partition coefficient (Wildman–Crippen LogP) is 4.04. The molecule has 0 aromatic heterocycles. The topological polar surface area (TPSA) is 63.4 Å². The Bertz CT molecular complexity index is 618. The number of nitro benzene ring substituents is 1. The molecule has 5 heteroatoms. The molecule has 0 atom stereocenters. The summed E-state index contributed by atoms with van der Waals surface area (Å²) in [5.74, 6) is 0.170. The van der Waals surface area contributed by atoms with Gasteiger partial charge in [0.1, 0.15) is 5.75 Å². The SMILES string of the molecule is O=[N+]([O-])c1ccc(/C=C(\Cl)c2ccc(O)cc2)cc1. The Morgan fingerprint density at radius 3 is 2.21 bits per heavy atom. The lowest BCUT2D eigenvalue weighted by atomic mass is 10.1. The van der Waals surface area contributed by atoms with Crippen LogP contribution in [0.2, 0.25) is 0 Å². The number of nitro groups is 1. The van der Waals surface area contributed by atoms with Crippen molar-refractivity contribution in [2.45, 2.75) is 0 Å². The number of hydrogen-bond donors (Lipinski definition) is 1. The Morgan fingerprint density at radius 1 is 1.11 bits per heavy atom. The monoisotopic (exact) mass is 275 g/mol. The van der Waals surface area contributed by atoms with Crippen molar-refractivity contribution in [1.29, 1.82) is 0 Å². The van der Waals surface area contributed by atoms with Crippen molar-refractivity contribution in [3.05, 3.63) is 69.8 Å². The number of nitrogens with zero attached hydrogens (tertiary/aromatic N) is 1. The third-order valence-electron chi connectivity index (χ3n) is 2.54. The Labute approximate surface area is 114 Å². The Balaban J connectivity index is 2.25. The summed E-state index contributed by atoms with van der Waals surface area (Å²) in [4.78, 5) is 10.1. The summed E-state index contributed by atoms with van der Waals surface area (Å²) >= 11 is 6.14. The molecule has 2 rings (SSSR count). The quantitative estimate of drug-likeness (QED) is 0.522. The van der Waals surface area contributed by atoms with Gasteiger partial charge in [0.15, 0.2) is 0 Å². The van der Waals surface area contributed by atoms with Crippen LogP contribution in [0.15, 0.2) is 48.5 Å². The van der Waals surface area contributed by atoms with Gasteiger partial charge in [-0.3, -0.25) is 10.1 Å². The highest BCUT2D eigenvalue weighted by molar-refractivity contribution is 6.51. The van der Waals surface area contributed by atoms with Crippen molar-refractivity contribution < 1.29 is 10.0 Å². The maximum atomic E-state index is 10.5. The number of non-ortho nitro benzene ring substituents is 1. The lowest BCUT2D eigenvalue weighted by Crippen LogP contribution is -1.86. The fourth-order valence-electron chi connectivity index (χ4n) is 1.54. The molecule has 0 aliphatic rings. The van der Waals surface area contributed by atoms with E-state index < -0.39 is 4.92 Å². The maximum absolute atomic E-state index is 10.5. The third-order valence-corrected chi connectivity index (χ3v) is 2.87. The van der Waals surface area contributed by atoms with Crippen molar-refractivity contribution in [2.75, 3.05) is 0 Å². The molecular formula is C14H10ClNO3. The molecule has 0 amide bonds. The number of phenolic OH excluding ortho intramolecular Hbond substituents is 1. The highest BCUT2D eigenvalue weighted by Crippen LogP contribution is 2.24. The first kappa shape index (κ1) is 13.1. The summed E-state index contributed by atoms with van der Waals surface area (Å²) in [6.07, 6.45) is 1.71. The third kappa shape index (κ3) is 3.33. The average Bonchev–Trinajstić information content (AvgIpc) is 2.40. The van der Waals surface area contributed by atoms with Crippen molar-refractivity contribution in [2.24, 2.45) is 0 Å². The zero-order valence-electron chi connectivity index (χ0n) is 9.79. The van der Waals surface area contributed by atoms with Gasteiger partial charge in [-0.15, -0.1) is 0 Å². The van der Waals surface area contributed by atoms with Crippen molar-refractivity contribution in [3.8, 4) is 5.75 Å². The smallest absolute Gasteiger partial charge is 0.269 e. The van der Waals surface area contributed by atoms with E-state index in [0.29, 0.717) is 5.03 Å². The van der Waals surface area contributed by atoms with Crippen LogP contribution in [0.5, 0.6) is 5.75 Å². The maximum Gasteiger partial charge on any atom is 0.269 e. The van der Waals surface area contributed by atoms with Gasteiger partial charge in [-0.25, -0.2) is 0 Å². The van der Waals surface area contributed by atoms with Crippen LogP contribution in [0.3, 0.4) is 0 Å². The number of rotatable bonds is 3. The summed E-state index contributed by atoms with van der Waals surface area (Å²) in [6, 6.07) is 12.6. The molecule has 0 unspecified atom stereocenters. The minimum absolute atomic E-state index is 0.0397. The number of phenols is 1. The first-order valence-electron chi connectivity index (χ1n) is 5.47. The van der Waals surface area contributed by atoms with Gasteiger partial charge >= 0.3 is 0 Å². The number of benzene rings is 2. The molecule has 0 saturated carbocycles. The van der Waals surface area contributed by atoms with E-state index in [0.717, 1.165) is 11.1 Å². The van der Waals surface area contributed by atoms with Crippen LogP contribution in [0.1, 0.15) is 11.1 Å². The standard InChI is InChI=1S/C14H10ClNO3/c15-14(11-3-7-13(17)8-4-11)9-10-1-5-12(6-2-10)16(18)19/h1-9,17H/b14-9-. The number of hydrogen-bond acceptors (Lipinski definition) is 3. The molecule has 0 spiro atoms. The Kier molecular flexibility index (Phi) is 3.82. The van der Waals surface area contributed by atoms with Gasteiger partial charge in [-0.05, 0) is 53.6 Å². The zero-order chi connectivity index (χ0) is 13.8. The normalized spacial score (nSPS) is 11.3. The lowest BCUT2D eigenvalue weighted by molar-refractivity contribution is -0.384. The fourth-order valence-corrected chi connectivity index (χ4v) is 1.79. The molecule has 96 valence electrons. The highest BCUT2D eigenvalue weighted by atomic mass is 35.5. The van der Waals surface area contributed by atoms with E-state index in [1.165, 1.54) is 12.1 Å². The first-order valence-corrected chi connectivity index (χ1v) is 5.85. The molecule has 0 radical (unpaired) electrons. The van der Waals surface area contributed by atoms with Crippen LogP contribution in [0.4, 0.5) is 5.69 Å². The summed E-state index contributed by atoms with van der Waals surface area (Å²) in [7, 11) is 0. The Morgan fingerprint density at radius 2 is 1.68 bits per heavy atom. The molecule has 2 aromatic carbocycles. The molecule has 1 N–H and O–H groups in total. The minimum atomic E-state index is -0.449. The zero-order valence-corrected chi connectivity index (χ0v) is 10.5. The molecule has 19 heavy (non-hydrogen) atoms. The second-order valence-corrected chi connectivity index (χ2v) is 4.29. The molecule has 0 heterocycles. The molecular weight excluding hydrogens is 266 g/mol. The van der Waals surface area contributed by atoms with E-state index in [4.69, 9.17) is 11.6 Å². The Hall–Kier alpha value is -2.33. The van der Waals surface area contributed by atoms with Gasteiger partial charge < -0.3 is 5.11 Å². The van der Waals surface area contributed by atoms with Crippen LogP contribution in [-0.2, 0) is 0 Å². The summed E-state index contributed by atoms with van der Waals surface area (Å²) in [5, 5.41) is 20.2. The van der Waals surface area contributed by atoms with Gasteiger partial charge in [0.2, 0.25) is 0 Å². The average molecular weight is 276 g/mol. The van der Waals surface area contributed by atoms with Gasteiger partial charge in [0, 0.05) is 17.2 Å². The van der Waals surface area contributed by atoms with Crippen LogP contribution in [-0.4, -0.2) is 10.0 Å². The molecule has 0 bridgehead atoms. The van der Waals surface area contributed by atoms with Crippen molar-refractivity contribution in [1.82, 2.24) is 0 Å². The van der Waals surface area contributed by atoms with E-state index in [1.807, 2.05) is 0 Å². The van der Waals surface area contributed by atoms with Crippen LogP contribution in [0.25, 0.3) is 11.1 Å². The van der Waals surface area contributed by atoms with Gasteiger partial charge in [-0.1, -0.05) is 11.6 Å². The number of aromatic hydroxyl groups is 1. The second-order valence-electron chi connectivity index (χ2n) is 3.89. The van der Waals surface area contributed by atoms with E-state index in [-0.39, 0.29) is 11.4 Å². The summed E-state index contributed by atoms with van der Waals surface area (Å²) in [5.41, 5.74) is 1.57. The van der Waals surface area contributed by atoms with E-state index >= 15 is 0 Å². The fraction of sp³-hybridized carbons (Fsp3) is 0. The highest BCUT2D eigenvalue weighted by Gasteiger charge is 2.04. The van der Waals surface area contributed by atoms with Gasteiger partial charge in [-0.2, -0.15) is 0 Å². The molecule has 0 aliphatic carbocycles. The minimum Gasteiger partial charge on any atom is -0.508 e. The largest absolute Gasteiger partial charge is 0.508 e. The van der Waals surface area contributed by atoms with E-state index in [9.17, 15) is 15.2 Å². The lowest BCUT2D eigenvalue weighted by Gasteiger charge is -2.00. The van der Waals surface area contributed by atoms with Crippen molar-refractivity contribution >= 4 is 28.4 Å². The summed E-state index contributed by atoms with van der Waals surface area (Å²) in [6.45, 7) is 0. The molecule has 2 aromatic rings. The second kappa shape index (κ2) is 5.54. The first-order chi connectivity index (χ1) is 9.06. The number of halogens is 1. The molecule has 4 nitrogen and oxygen atoms in total. The molecule has 0 saturated heterocycles. The molecule has 0 aliphatic heterocycles. The van der Waals surface area contributed by atoms with Crippen LogP contribution in [0, 0.1) is 10.1 Å². The van der Waals surface area contributed by atoms with Gasteiger partial charge in [0.25, 0.3) is 5.69 Å².